The predicted molar refractivity (Wildman–Crippen MR) is 81.0 cm³/mol. The highest BCUT2D eigenvalue weighted by Crippen LogP contribution is 2.29. The van der Waals surface area contributed by atoms with Crippen LogP contribution in [0.2, 0.25) is 0 Å². The molecule has 0 amide bonds. The number of aromatic amines is 1. The smallest absolute Gasteiger partial charge is 0.173 e. The summed E-state index contributed by atoms with van der Waals surface area (Å²) < 4.78 is 27.2. The molecule has 1 N–H and O–H groups in total. The number of hydrogen-bond acceptors (Lipinski definition) is 2. The third-order valence-electron chi connectivity index (χ3n) is 2.72. The van der Waals surface area contributed by atoms with E-state index >= 15 is 0 Å². The molecule has 1 aromatic heterocycles. The minimum Gasteiger partial charge on any atom is -0.343 e. The molecule has 0 aliphatic carbocycles. The number of nitrogens with zero attached hydrogens (tertiary/aromatic N) is 1. The van der Waals surface area contributed by atoms with Crippen LogP contribution in [-0.4, -0.2) is 9.97 Å². The summed E-state index contributed by atoms with van der Waals surface area (Å²) in [6, 6.07) is 4.32. The van der Waals surface area contributed by atoms with Gasteiger partial charge in [0.25, 0.3) is 0 Å². The monoisotopic (exact) mass is 358 g/mol. The SMILES string of the molecule is CC(C)Cc1cc(=S)nc(-c2ccc(F)c(F)c2Br)[nH]1. The van der Waals surface area contributed by atoms with Gasteiger partial charge in [-0.1, -0.05) is 26.1 Å². The minimum absolute atomic E-state index is 0.0392. The summed E-state index contributed by atoms with van der Waals surface area (Å²) in [6.45, 7) is 4.18. The van der Waals surface area contributed by atoms with Crippen molar-refractivity contribution in [1.29, 1.82) is 0 Å². The lowest BCUT2D eigenvalue weighted by Crippen LogP contribution is -2.01. The van der Waals surface area contributed by atoms with Crippen LogP contribution in [0.3, 0.4) is 0 Å². The van der Waals surface area contributed by atoms with Gasteiger partial charge in [-0.15, -0.1) is 0 Å². The average Bonchev–Trinajstić information content (AvgIpc) is 2.34. The van der Waals surface area contributed by atoms with Crippen molar-refractivity contribution in [3.05, 3.63) is 44.6 Å². The van der Waals surface area contributed by atoms with Crippen molar-refractivity contribution < 1.29 is 8.78 Å². The first-order valence-corrected chi connectivity index (χ1v) is 7.32. The van der Waals surface area contributed by atoms with E-state index in [2.05, 4.69) is 39.7 Å². The molecule has 20 heavy (non-hydrogen) atoms. The molecule has 0 aliphatic heterocycles. The Morgan fingerprint density at radius 2 is 2.05 bits per heavy atom. The van der Waals surface area contributed by atoms with Gasteiger partial charge < -0.3 is 4.98 Å². The van der Waals surface area contributed by atoms with E-state index in [0.717, 1.165) is 18.2 Å². The van der Waals surface area contributed by atoms with Crippen molar-refractivity contribution in [2.75, 3.05) is 0 Å². The summed E-state index contributed by atoms with van der Waals surface area (Å²) >= 11 is 8.19. The summed E-state index contributed by atoms with van der Waals surface area (Å²) in [5, 5.41) is 0. The molecule has 0 atom stereocenters. The first kappa shape index (κ1) is 15.3. The van der Waals surface area contributed by atoms with Gasteiger partial charge in [0, 0.05) is 11.3 Å². The molecule has 6 heteroatoms. The molecule has 0 aliphatic rings. The topological polar surface area (TPSA) is 28.7 Å². The fourth-order valence-electron chi connectivity index (χ4n) is 1.89. The van der Waals surface area contributed by atoms with Crippen LogP contribution in [0, 0.1) is 22.2 Å². The van der Waals surface area contributed by atoms with E-state index in [1.54, 1.807) is 6.07 Å². The fourth-order valence-corrected chi connectivity index (χ4v) is 2.64. The van der Waals surface area contributed by atoms with E-state index < -0.39 is 11.6 Å². The first-order chi connectivity index (χ1) is 9.38. The van der Waals surface area contributed by atoms with E-state index in [9.17, 15) is 8.78 Å². The molecule has 0 spiro atoms. The van der Waals surface area contributed by atoms with Crippen molar-refractivity contribution in [1.82, 2.24) is 9.97 Å². The van der Waals surface area contributed by atoms with E-state index in [0.29, 0.717) is 21.9 Å². The zero-order valence-electron chi connectivity index (χ0n) is 11.0. The number of nitrogens with one attached hydrogen (secondary N) is 1. The normalized spacial score (nSPS) is 11.1. The van der Waals surface area contributed by atoms with Gasteiger partial charge in [0.15, 0.2) is 11.6 Å². The highest BCUT2D eigenvalue weighted by molar-refractivity contribution is 9.10. The van der Waals surface area contributed by atoms with Crippen LogP contribution in [0.15, 0.2) is 22.7 Å². The lowest BCUT2D eigenvalue weighted by Gasteiger charge is -2.10. The predicted octanol–water partition coefficient (Wildman–Crippen LogP) is 5.05. The van der Waals surface area contributed by atoms with Crippen molar-refractivity contribution in [3.63, 3.8) is 0 Å². The quantitative estimate of drug-likeness (QED) is 0.614. The summed E-state index contributed by atoms with van der Waals surface area (Å²) in [5.41, 5.74) is 1.37. The standard InChI is InChI=1S/C14H13BrF2N2S/c1-7(2)5-8-6-11(20)19-14(18-8)9-3-4-10(16)13(17)12(9)15/h3-4,6-7H,5H2,1-2H3,(H,18,19,20). The highest BCUT2D eigenvalue weighted by Gasteiger charge is 2.14. The van der Waals surface area contributed by atoms with Crippen LogP contribution in [0.5, 0.6) is 0 Å². The second-order valence-electron chi connectivity index (χ2n) is 4.91. The van der Waals surface area contributed by atoms with Gasteiger partial charge in [0.05, 0.1) is 4.47 Å². The van der Waals surface area contributed by atoms with Gasteiger partial charge >= 0.3 is 0 Å². The molecular formula is C14H13BrF2N2S. The summed E-state index contributed by atoms with van der Waals surface area (Å²) in [4.78, 5) is 7.31. The van der Waals surface area contributed by atoms with E-state index in [-0.39, 0.29) is 4.47 Å². The Balaban J connectivity index is 2.56. The molecule has 106 valence electrons. The molecule has 2 aromatic rings. The van der Waals surface area contributed by atoms with Gasteiger partial charge in [-0.3, -0.25) is 0 Å². The van der Waals surface area contributed by atoms with Crippen LogP contribution < -0.4 is 0 Å². The Hall–Kier alpha value is -1.14. The van der Waals surface area contributed by atoms with Crippen LogP contribution in [0.1, 0.15) is 19.5 Å². The lowest BCUT2D eigenvalue weighted by atomic mass is 10.1. The summed E-state index contributed by atoms with van der Waals surface area (Å²) in [6.07, 6.45) is 0.806. The van der Waals surface area contributed by atoms with Gasteiger partial charge in [-0.05, 0) is 46.5 Å². The van der Waals surface area contributed by atoms with Gasteiger partial charge in [0.2, 0.25) is 0 Å². The highest BCUT2D eigenvalue weighted by atomic mass is 79.9. The van der Waals surface area contributed by atoms with Gasteiger partial charge in [-0.25, -0.2) is 13.8 Å². The van der Waals surface area contributed by atoms with Gasteiger partial charge in [0.1, 0.15) is 10.5 Å². The summed E-state index contributed by atoms with van der Waals surface area (Å²) in [5.74, 6) is -0.960. The molecule has 2 rings (SSSR count). The molecule has 0 saturated heterocycles. The van der Waals surface area contributed by atoms with E-state index in [4.69, 9.17) is 12.2 Å². The van der Waals surface area contributed by atoms with E-state index in [1.807, 2.05) is 0 Å². The number of aromatic nitrogens is 2. The molecule has 0 unspecified atom stereocenters. The lowest BCUT2D eigenvalue weighted by molar-refractivity contribution is 0.504. The first-order valence-electron chi connectivity index (χ1n) is 6.12. The fraction of sp³-hybridized carbons (Fsp3) is 0.286. The van der Waals surface area contributed by atoms with Crippen molar-refractivity contribution in [3.8, 4) is 11.4 Å². The molecule has 0 fully saturated rings. The Bertz CT molecular complexity index is 698. The zero-order chi connectivity index (χ0) is 14.9. The van der Waals surface area contributed by atoms with Crippen LogP contribution in [0.4, 0.5) is 8.78 Å². The Labute approximate surface area is 129 Å². The maximum absolute atomic E-state index is 13.6. The Kier molecular flexibility index (Phi) is 4.65. The maximum Gasteiger partial charge on any atom is 0.173 e. The third-order valence-corrected chi connectivity index (χ3v) is 3.70. The molecule has 0 radical (unpaired) electrons. The molecule has 1 heterocycles. The molecule has 0 saturated carbocycles. The Morgan fingerprint density at radius 3 is 2.70 bits per heavy atom. The minimum atomic E-state index is -0.933. The molecule has 2 nitrogen and oxygen atoms in total. The van der Waals surface area contributed by atoms with E-state index in [1.165, 1.54) is 6.07 Å². The summed E-state index contributed by atoms with van der Waals surface area (Å²) in [7, 11) is 0. The number of rotatable bonds is 3. The Morgan fingerprint density at radius 1 is 1.35 bits per heavy atom. The van der Waals surface area contributed by atoms with Crippen LogP contribution in [0.25, 0.3) is 11.4 Å². The molecule has 1 aromatic carbocycles. The van der Waals surface area contributed by atoms with Crippen LogP contribution in [-0.2, 0) is 6.42 Å². The number of hydrogen-bond donors (Lipinski definition) is 1. The number of benzene rings is 1. The largest absolute Gasteiger partial charge is 0.343 e. The zero-order valence-corrected chi connectivity index (χ0v) is 13.4. The van der Waals surface area contributed by atoms with Gasteiger partial charge in [-0.2, -0.15) is 0 Å². The molecular weight excluding hydrogens is 346 g/mol. The third kappa shape index (κ3) is 3.30. The van der Waals surface area contributed by atoms with Crippen LogP contribution >= 0.6 is 28.1 Å². The van der Waals surface area contributed by atoms with Crippen molar-refractivity contribution >= 4 is 28.1 Å². The second kappa shape index (κ2) is 6.10. The molecule has 0 bridgehead atoms. The van der Waals surface area contributed by atoms with Crippen molar-refractivity contribution in [2.24, 2.45) is 5.92 Å². The maximum atomic E-state index is 13.6. The second-order valence-corrected chi connectivity index (χ2v) is 6.13. The number of halogens is 3. The average molecular weight is 359 g/mol. The number of H-pyrrole nitrogens is 1. The van der Waals surface area contributed by atoms with Crippen molar-refractivity contribution in [2.45, 2.75) is 20.3 Å².